The fourth-order valence-electron chi connectivity index (χ4n) is 8.23. The van der Waals surface area contributed by atoms with Crippen molar-refractivity contribution in [1.82, 2.24) is 5.32 Å². The van der Waals surface area contributed by atoms with Gasteiger partial charge in [0.05, 0.1) is 12.2 Å². The largest absolute Gasteiger partial charge is 0.456 e. The molecule has 15 heteroatoms. The third kappa shape index (κ3) is 5.69. The van der Waals surface area contributed by atoms with Gasteiger partial charge in [0.2, 0.25) is 5.78 Å². The number of rotatable bonds is 10. The number of aliphatic hydroxyl groups excluding tert-OH is 2. The number of carbonyl (C=O) groups is 4. The molecule has 5 rings (SSSR count). The molecule has 47 heavy (non-hydrogen) atoms. The molecule has 8 atom stereocenters. The molecule has 0 aliphatic heterocycles. The lowest BCUT2D eigenvalue weighted by Crippen LogP contribution is -2.69. The summed E-state index contributed by atoms with van der Waals surface area (Å²) in [5, 5.41) is 45.8. The number of halogens is 1. The summed E-state index contributed by atoms with van der Waals surface area (Å²) in [4.78, 5) is 64.7. The van der Waals surface area contributed by atoms with Crippen molar-refractivity contribution in [3.8, 4) is 5.75 Å². The summed E-state index contributed by atoms with van der Waals surface area (Å²) >= 11 is 0. The van der Waals surface area contributed by atoms with Gasteiger partial charge in [0.25, 0.3) is 5.09 Å². The number of amides is 1. The number of fused-ring (bicyclic) bond motifs is 5. The predicted octanol–water partition coefficient (Wildman–Crippen LogP) is 1.71. The number of alkyl halides is 1. The number of carbonyl (C=O) groups excluding carboxylic acids is 4. The number of Topliss-reactive ketones (excluding diaryl/α,β-unsaturated/α-hetero) is 1. The highest BCUT2D eigenvalue weighted by Gasteiger charge is 2.76. The van der Waals surface area contributed by atoms with E-state index in [-0.39, 0.29) is 50.2 Å². The zero-order valence-corrected chi connectivity index (χ0v) is 25.8. The van der Waals surface area contributed by atoms with Gasteiger partial charge < -0.3 is 34.9 Å². The Balaban J connectivity index is 1.19. The molecule has 2 saturated carbocycles. The van der Waals surface area contributed by atoms with E-state index < -0.39 is 82.2 Å². The fraction of sp³-hybridized carbons (Fsp3) is 0.562. The van der Waals surface area contributed by atoms with Gasteiger partial charge in [-0.05, 0) is 62.3 Å². The van der Waals surface area contributed by atoms with Gasteiger partial charge >= 0.3 is 12.1 Å². The average Bonchev–Trinajstić information content (AvgIpc) is 3.21. The number of aliphatic hydroxyl groups is 3. The second-order valence-electron chi connectivity index (χ2n) is 13.1. The molecule has 2 fully saturated rings. The summed E-state index contributed by atoms with van der Waals surface area (Å²) < 4.78 is 27.3. The van der Waals surface area contributed by atoms with Crippen molar-refractivity contribution >= 4 is 23.6 Å². The minimum Gasteiger partial charge on any atom is -0.456 e. The van der Waals surface area contributed by atoms with Crippen LogP contribution in [0.25, 0.3) is 0 Å². The summed E-state index contributed by atoms with van der Waals surface area (Å²) in [7, 11) is 0. The standard InChI is InChI=1S/C32H37FN2O12/c1-29-10-8-20(36)13-19(29)6-7-22-23-14-24(37)32(42,30(23,2)15-25(38)31(22,29)33)26(39)17-45-27(40)16-34-28(41)47-21-5-3-4-18(12-21)9-11-46-35(43)44/h3-6,8,10,12,22-25,37-38,42H,7,9,11,13-17H2,1-2H3,(H,34,41)/t22-,23-,24+,25-,29-,30-,31-,32-/m0/s1. The van der Waals surface area contributed by atoms with Crippen molar-refractivity contribution in [2.45, 2.75) is 69.4 Å². The van der Waals surface area contributed by atoms with Crippen molar-refractivity contribution in [2.24, 2.45) is 22.7 Å². The minimum absolute atomic E-state index is 0.0276. The van der Waals surface area contributed by atoms with Crippen LogP contribution in [0, 0.1) is 32.8 Å². The van der Waals surface area contributed by atoms with Crippen LogP contribution in [0.2, 0.25) is 0 Å². The van der Waals surface area contributed by atoms with E-state index in [1.807, 2.05) is 0 Å². The molecule has 0 aromatic heterocycles. The van der Waals surface area contributed by atoms with Crippen molar-refractivity contribution in [1.29, 1.82) is 0 Å². The maximum Gasteiger partial charge on any atom is 0.413 e. The maximum absolute atomic E-state index is 17.2. The van der Waals surface area contributed by atoms with Crippen LogP contribution in [-0.2, 0) is 30.4 Å². The number of hydrogen-bond donors (Lipinski definition) is 4. The summed E-state index contributed by atoms with van der Waals surface area (Å²) in [5.74, 6) is -3.82. The van der Waals surface area contributed by atoms with E-state index in [0.717, 1.165) is 0 Å². The highest BCUT2D eigenvalue weighted by molar-refractivity contribution is 5.94. The van der Waals surface area contributed by atoms with Crippen molar-refractivity contribution in [3.63, 3.8) is 0 Å². The zero-order chi connectivity index (χ0) is 34.4. The van der Waals surface area contributed by atoms with Crippen LogP contribution in [0.3, 0.4) is 0 Å². The normalized spacial score (nSPS) is 35.4. The van der Waals surface area contributed by atoms with Crippen LogP contribution in [-0.4, -0.2) is 87.3 Å². The van der Waals surface area contributed by atoms with E-state index in [4.69, 9.17) is 9.47 Å². The maximum atomic E-state index is 17.2. The van der Waals surface area contributed by atoms with Crippen LogP contribution in [0.15, 0.2) is 48.1 Å². The van der Waals surface area contributed by atoms with Crippen LogP contribution < -0.4 is 10.1 Å². The van der Waals surface area contributed by atoms with Gasteiger partial charge in [-0.1, -0.05) is 36.8 Å². The first kappa shape index (κ1) is 34.1. The molecule has 0 heterocycles. The number of ether oxygens (including phenoxy) is 2. The molecule has 1 amide bonds. The average molecular weight is 661 g/mol. The minimum atomic E-state index is -2.48. The number of allylic oxidation sites excluding steroid dienone is 4. The van der Waals surface area contributed by atoms with Gasteiger partial charge in [-0.2, -0.15) is 0 Å². The van der Waals surface area contributed by atoms with Gasteiger partial charge in [0, 0.05) is 23.2 Å². The highest BCUT2D eigenvalue weighted by atomic mass is 19.1. The lowest BCUT2D eigenvalue weighted by molar-refractivity contribution is -0.757. The Morgan fingerprint density at radius 1 is 1.17 bits per heavy atom. The number of nitrogens with zero attached hydrogens (tertiary/aromatic N) is 1. The lowest BCUT2D eigenvalue weighted by Gasteiger charge is -2.61. The molecule has 0 spiro atoms. The van der Waals surface area contributed by atoms with Gasteiger partial charge in [0.15, 0.2) is 23.7 Å². The van der Waals surface area contributed by atoms with Crippen LogP contribution in [0.5, 0.6) is 5.75 Å². The third-order valence-corrected chi connectivity index (χ3v) is 10.7. The van der Waals surface area contributed by atoms with Crippen molar-refractivity contribution in [2.75, 3.05) is 19.8 Å². The molecular formula is C32H37FN2O12. The Hall–Kier alpha value is -4.21. The van der Waals surface area contributed by atoms with Crippen molar-refractivity contribution in [3.05, 3.63) is 63.7 Å². The number of esters is 1. The number of hydrogen-bond acceptors (Lipinski definition) is 12. The van der Waals surface area contributed by atoms with Crippen LogP contribution in [0.4, 0.5) is 9.18 Å². The molecule has 14 nitrogen and oxygen atoms in total. The van der Waals surface area contributed by atoms with Gasteiger partial charge in [-0.15, -0.1) is 10.1 Å². The van der Waals surface area contributed by atoms with Crippen molar-refractivity contribution < 1.29 is 58.3 Å². The highest BCUT2D eigenvalue weighted by Crippen LogP contribution is 2.69. The van der Waals surface area contributed by atoms with Gasteiger partial charge in [-0.25, -0.2) is 9.18 Å². The zero-order valence-electron chi connectivity index (χ0n) is 25.8. The lowest BCUT2D eigenvalue weighted by atomic mass is 9.45. The van der Waals surface area contributed by atoms with E-state index in [9.17, 15) is 44.6 Å². The SMILES string of the molecule is C[C@]12C=CC(=O)CC1=CC[C@H]1[C@@H]3C[C@@H](O)[C@](O)(C(=O)COC(=O)CNC(=O)Oc4cccc(CCO[N+](=O)[O-])c4)[C@@]3(C)C[C@H](O)[C@@]12F. The first-order valence-electron chi connectivity index (χ1n) is 15.3. The second kappa shape index (κ2) is 12.4. The fourth-order valence-corrected chi connectivity index (χ4v) is 8.23. The summed E-state index contributed by atoms with van der Waals surface area (Å²) in [6.07, 6.45) is 0.0466. The molecular weight excluding hydrogens is 623 g/mol. The summed E-state index contributed by atoms with van der Waals surface area (Å²) in [6.45, 7) is 1.27. The second-order valence-corrected chi connectivity index (χ2v) is 13.1. The topological polar surface area (TPSA) is 212 Å². The Labute approximate surface area is 268 Å². The molecule has 4 aliphatic rings. The quantitative estimate of drug-likeness (QED) is 0.122. The number of nitrogens with one attached hydrogen (secondary N) is 1. The van der Waals surface area contributed by atoms with E-state index in [0.29, 0.717) is 11.1 Å². The van der Waals surface area contributed by atoms with E-state index in [1.165, 1.54) is 31.2 Å². The molecule has 1 aromatic carbocycles. The number of ketones is 2. The van der Waals surface area contributed by atoms with E-state index in [2.05, 4.69) is 10.2 Å². The molecule has 254 valence electrons. The monoisotopic (exact) mass is 660 g/mol. The Bertz CT molecular complexity index is 1550. The molecule has 0 bridgehead atoms. The van der Waals surface area contributed by atoms with Crippen LogP contribution in [0.1, 0.15) is 45.1 Å². The smallest absolute Gasteiger partial charge is 0.413 e. The van der Waals surface area contributed by atoms with Gasteiger partial charge in [0.1, 0.15) is 18.9 Å². The molecule has 4 N–H and O–H groups in total. The molecule has 0 unspecified atom stereocenters. The molecule has 1 aromatic rings. The summed E-state index contributed by atoms with van der Waals surface area (Å²) in [5.41, 5.74) is -6.34. The Morgan fingerprint density at radius 3 is 2.64 bits per heavy atom. The van der Waals surface area contributed by atoms with E-state index in [1.54, 1.807) is 25.1 Å². The third-order valence-electron chi connectivity index (χ3n) is 10.7. The van der Waals surface area contributed by atoms with E-state index >= 15 is 4.39 Å². The molecule has 4 aliphatic carbocycles. The first-order chi connectivity index (χ1) is 22.1. The van der Waals surface area contributed by atoms with Gasteiger partial charge in [-0.3, -0.25) is 14.4 Å². The summed E-state index contributed by atoms with van der Waals surface area (Å²) in [6, 6.07) is 6.09. The number of benzene rings is 1. The Morgan fingerprint density at radius 2 is 1.91 bits per heavy atom. The Kier molecular flexibility index (Phi) is 9.03. The molecule has 0 radical (unpaired) electrons. The predicted molar refractivity (Wildman–Crippen MR) is 158 cm³/mol. The first-order valence-corrected chi connectivity index (χ1v) is 15.3. The molecule has 0 saturated heterocycles. The van der Waals surface area contributed by atoms with Crippen LogP contribution >= 0.6 is 0 Å².